The molecule has 0 atom stereocenters. The number of amides is 1. The minimum Gasteiger partial charge on any atom is -0.444 e. The van der Waals surface area contributed by atoms with E-state index in [9.17, 15) is 4.79 Å². The molecule has 1 aromatic heterocycles. The molecule has 0 bridgehead atoms. The predicted molar refractivity (Wildman–Crippen MR) is 80.1 cm³/mol. The molecule has 2 aliphatic rings. The Labute approximate surface area is 126 Å². The summed E-state index contributed by atoms with van der Waals surface area (Å²) < 4.78 is 7.80. The van der Waals surface area contributed by atoms with Crippen molar-refractivity contribution in [3.05, 3.63) is 17.7 Å². The van der Waals surface area contributed by atoms with Crippen LogP contribution < -0.4 is 0 Å². The van der Waals surface area contributed by atoms with Crippen LogP contribution in [0.4, 0.5) is 4.79 Å². The normalized spacial score (nSPS) is 19.7. The smallest absolute Gasteiger partial charge is 0.410 e. The lowest BCUT2D eigenvalue weighted by Crippen LogP contribution is -2.40. The molecule has 5 nitrogen and oxygen atoms in total. The molecule has 116 valence electrons. The Kier molecular flexibility index (Phi) is 3.68. The minimum absolute atomic E-state index is 0.215. The fourth-order valence-corrected chi connectivity index (χ4v) is 3.29. The summed E-state index contributed by atoms with van der Waals surface area (Å²) in [7, 11) is 0. The van der Waals surface area contributed by atoms with Crippen molar-refractivity contribution in [2.24, 2.45) is 0 Å². The van der Waals surface area contributed by atoms with Gasteiger partial charge in [-0.25, -0.2) is 9.78 Å². The highest BCUT2D eigenvalue weighted by atomic mass is 16.6. The van der Waals surface area contributed by atoms with Gasteiger partial charge in [-0.3, -0.25) is 0 Å². The van der Waals surface area contributed by atoms with Crippen molar-refractivity contribution in [2.45, 2.75) is 71.1 Å². The molecule has 0 N–H and O–H groups in total. The van der Waals surface area contributed by atoms with Gasteiger partial charge in [-0.15, -0.1) is 0 Å². The Balaban J connectivity index is 1.75. The SMILES string of the molecule is CC(C)(C)OC(=O)N1CCc2ncn(C3CCCC3)c2C1. The molecule has 1 aromatic rings. The summed E-state index contributed by atoms with van der Waals surface area (Å²) in [5.41, 5.74) is 1.92. The summed E-state index contributed by atoms with van der Waals surface area (Å²) in [5.74, 6) is 0. The zero-order valence-corrected chi connectivity index (χ0v) is 13.3. The average Bonchev–Trinajstić information content (AvgIpc) is 3.04. The molecule has 0 aromatic carbocycles. The van der Waals surface area contributed by atoms with Gasteiger partial charge in [0.1, 0.15) is 5.60 Å². The highest BCUT2D eigenvalue weighted by molar-refractivity contribution is 5.68. The van der Waals surface area contributed by atoms with Crippen LogP contribution in [0.5, 0.6) is 0 Å². The molecule has 0 radical (unpaired) electrons. The first kappa shape index (κ1) is 14.4. The molecule has 1 amide bonds. The van der Waals surface area contributed by atoms with Crippen molar-refractivity contribution in [2.75, 3.05) is 6.54 Å². The maximum Gasteiger partial charge on any atom is 0.410 e. The van der Waals surface area contributed by atoms with E-state index in [0.29, 0.717) is 19.1 Å². The zero-order chi connectivity index (χ0) is 15.0. The number of fused-ring (bicyclic) bond motifs is 1. The van der Waals surface area contributed by atoms with Gasteiger partial charge < -0.3 is 14.2 Å². The molecule has 0 saturated heterocycles. The number of carbonyl (C=O) groups excluding carboxylic acids is 1. The number of carbonyl (C=O) groups is 1. The van der Waals surface area contributed by atoms with Crippen molar-refractivity contribution in [1.82, 2.24) is 14.5 Å². The van der Waals surface area contributed by atoms with Crippen molar-refractivity contribution in [3.8, 4) is 0 Å². The lowest BCUT2D eigenvalue weighted by Gasteiger charge is -2.31. The summed E-state index contributed by atoms with van der Waals surface area (Å²) in [6, 6.07) is 0.569. The van der Waals surface area contributed by atoms with E-state index >= 15 is 0 Å². The number of nitrogens with zero attached hydrogens (tertiary/aromatic N) is 3. The van der Waals surface area contributed by atoms with Crippen LogP contribution in [0.1, 0.15) is 63.9 Å². The Hall–Kier alpha value is -1.52. The number of ether oxygens (including phenoxy) is 1. The van der Waals surface area contributed by atoms with Crippen LogP contribution in [0.25, 0.3) is 0 Å². The maximum atomic E-state index is 12.3. The van der Waals surface area contributed by atoms with E-state index in [1.165, 1.54) is 31.4 Å². The van der Waals surface area contributed by atoms with Gasteiger partial charge in [0, 0.05) is 19.0 Å². The Morgan fingerprint density at radius 2 is 2.05 bits per heavy atom. The second kappa shape index (κ2) is 5.35. The average molecular weight is 291 g/mol. The van der Waals surface area contributed by atoms with E-state index in [1.54, 1.807) is 4.90 Å². The maximum absolute atomic E-state index is 12.3. The van der Waals surface area contributed by atoms with E-state index in [0.717, 1.165) is 12.1 Å². The van der Waals surface area contributed by atoms with Crippen LogP contribution in [-0.4, -0.2) is 32.7 Å². The zero-order valence-electron chi connectivity index (χ0n) is 13.3. The quantitative estimate of drug-likeness (QED) is 0.797. The molecule has 0 spiro atoms. The fraction of sp³-hybridized carbons (Fsp3) is 0.750. The summed E-state index contributed by atoms with van der Waals surface area (Å²) >= 11 is 0. The predicted octanol–water partition coefficient (Wildman–Crippen LogP) is 3.29. The number of aromatic nitrogens is 2. The lowest BCUT2D eigenvalue weighted by atomic mass is 10.1. The van der Waals surface area contributed by atoms with Gasteiger partial charge in [-0.05, 0) is 33.6 Å². The van der Waals surface area contributed by atoms with Gasteiger partial charge in [0.2, 0.25) is 0 Å². The van der Waals surface area contributed by atoms with Gasteiger partial charge in [0.15, 0.2) is 0 Å². The van der Waals surface area contributed by atoms with Gasteiger partial charge in [0.05, 0.1) is 24.3 Å². The number of imidazole rings is 1. The topological polar surface area (TPSA) is 47.4 Å². The molecule has 21 heavy (non-hydrogen) atoms. The monoisotopic (exact) mass is 291 g/mol. The molecule has 1 saturated carbocycles. The van der Waals surface area contributed by atoms with E-state index in [4.69, 9.17) is 4.74 Å². The van der Waals surface area contributed by atoms with Crippen molar-refractivity contribution >= 4 is 6.09 Å². The summed E-state index contributed by atoms with van der Waals surface area (Å²) in [4.78, 5) is 18.6. The highest BCUT2D eigenvalue weighted by Gasteiger charge is 2.30. The van der Waals surface area contributed by atoms with Crippen LogP contribution in [0.3, 0.4) is 0 Å². The molecular weight excluding hydrogens is 266 g/mol. The standard InChI is InChI=1S/C16H25N3O2/c1-16(2,3)21-15(20)18-9-8-13-14(10-18)19(11-17-13)12-6-4-5-7-12/h11-12H,4-10H2,1-3H3. The first-order valence-corrected chi connectivity index (χ1v) is 7.96. The van der Waals surface area contributed by atoms with Crippen LogP contribution >= 0.6 is 0 Å². The molecule has 1 aliphatic heterocycles. The van der Waals surface area contributed by atoms with Crippen LogP contribution in [0.2, 0.25) is 0 Å². The number of hydrogen-bond donors (Lipinski definition) is 0. The van der Waals surface area contributed by atoms with Gasteiger partial charge in [-0.1, -0.05) is 12.8 Å². The van der Waals surface area contributed by atoms with E-state index in [1.807, 2.05) is 27.1 Å². The lowest BCUT2D eigenvalue weighted by molar-refractivity contribution is 0.0217. The van der Waals surface area contributed by atoms with Gasteiger partial charge >= 0.3 is 6.09 Å². The third-order valence-electron chi connectivity index (χ3n) is 4.31. The first-order chi connectivity index (χ1) is 9.94. The Morgan fingerprint density at radius 1 is 1.33 bits per heavy atom. The van der Waals surface area contributed by atoms with E-state index in [-0.39, 0.29) is 6.09 Å². The molecule has 1 aliphatic carbocycles. The molecular formula is C16H25N3O2. The molecule has 3 rings (SSSR count). The van der Waals surface area contributed by atoms with Crippen LogP contribution in [0.15, 0.2) is 6.33 Å². The summed E-state index contributed by atoms with van der Waals surface area (Å²) in [6.07, 6.45) is 7.64. The summed E-state index contributed by atoms with van der Waals surface area (Å²) in [5, 5.41) is 0. The van der Waals surface area contributed by atoms with Crippen molar-refractivity contribution in [1.29, 1.82) is 0 Å². The van der Waals surface area contributed by atoms with E-state index < -0.39 is 5.60 Å². The van der Waals surface area contributed by atoms with Gasteiger partial charge in [-0.2, -0.15) is 0 Å². The fourth-order valence-electron chi connectivity index (χ4n) is 3.29. The Bertz CT molecular complexity index is 524. The molecule has 2 heterocycles. The second-order valence-corrected chi connectivity index (χ2v) is 7.14. The van der Waals surface area contributed by atoms with Crippen LogP contribution in [0, 0.1) is 0 Å². The van der Waals surface area contributed by atoms with Gasteiger partial charge in [0.25, 0.3) is 0 Å². The molecule has 1 fully saturated rings. The van der Waals surface area contributed by atoms with Crippen molar-refractivity contribution < 1.29 is 9.53 Å². The van der Waals surface area contributed by atoms with Crippen molar-refractivity contribution in [3.63, 3.8) is 0 Å². The number of rotatable bonds is 1. The van der Waals surface area contributed by atoms with Crippen LogP contribution in [-0.2, 0) is 17.7 Å². The third-order valence-corrected chi connectivity index (χ3v) is 4.31. The second-order valence-electron chi connectivity index (χ2n) is 7.14. The molecule has 5 heteroatoms. The van der Waals surface area contributed by atoms with E-state index in [2.05, 4.69) is 9.55 Å². The Morgan fingerprint density at radius 3 is 2.71 bits per heavy atom. The molecule has 0 unspecified atom stereocenters. The summed E-state index contributed by atoms with van der Waals surface area (Å²) in [6.45, 7) is 7.04. The highest BCUT2D eigenvalue weighted by Crippen LogP contribution is 2.32. The number of hydrogen-bond acceptors (Lipinski definition) is 3. The first-order valence-electron chi connectivity index (χ1n) is 7.96. The third kappa shape index (κ3) is 3.06. The minimum atomic E-state index is -0.441. The largest absolute Gasteiger partial charge is 0.444 e.